The number of aromatic nitrogens is 2. The molecule has 0 unspecified atom stereocenters. The summed E-state index contributed by atoms with van der Waals surface area (Å²) in [5, 5.41) is 19.7. The van der Waals surface area contributed by atoms with Gasteiger partial charge in [0.15, 0.2) is 0 Å². The number of nitrogens with zero attached hydrogens (tertiary/aromatic N) is 6. The minimum atomic E-state index is -1.01. The van der Waals surface area contributed by atoms with Gasteiger partial charge in [-0.15, -0.1) is 0 Å². The molecule has 2 fully saturated rings. The summed E-state index contributed by atoms with van der Waals surface area (Å²) in [7, 11) is 2.10. The summed E-state index contributed by atoms with van der Waals surface area (Å²) in [5.74, 6) is 1.43. The van der Waals surface area contributed by atoms with Gasteiger partial charge in [-0.2, -0.15) is 15.2 Å². The number of halogens is 1. The Kier molecular flexibility index (Phi) is 6.36. The van der Waals surface area contributed by atoms with Crippen molar-refractivity contribution in [3.63, 3.8) is 0 Å². The zero-order valence-electron chi connectivity index (χ0n) is 19.0. The summed E-state index contributed by atoms with van der Waals surface area (Å²) in [4.78, 5) is 26.9. The van der Waals surface area contributed by atoms with Crippen LogP contribution in [0, 0.1) is 11.3 Å². The molecule has 3 aliphatic rings. The minimum absolute atomic E-state index is 0.114. The number of hydrogen-bond donors (Lipinski definition) is 1. The van der Waals surface area contributed by atoms with Crippen LogP contribution in [0.5, 0.6) is 11.8 Å². The van der Waals surface area contributed by atoms with E-state index in [9.17, 15) is 15.2 Å². The van der Waals surface area contributed by atoms with Crippen molar-refractivity contribution in [3.8, 4) is 17.8 Å². The molecule has 1 N–H and O–H groups in total. The average Bonchev–Trinajstić information content (AvgIpc) is 3.46. The average molecular weight is 531 g/mol. The van der Waals surface area contributed by atoms with Gasteiger partial charge >= 0.3 is 12.1 Å². The molecule has 0 saturated carbocycles. The van der Waals surface area contributed by atoms with E-state index >= 15 is 0 Å². The molecule has 2 aromatic rings. The number of anilines is 1. The lowest BCUT2D eigenvalue weighted by Crippen LogP contribution is -2.55. The third-order valence-electron chi connectivity index (χ3n) is 6.98. The van der Waals surface area contributed by atoms with Crippen LogP contribution >= 0.6 is 15.9 Å². The highest BCUT2D eigenvalue weighted by molar-refractivity contribution is 9.10. The summed E-state index contributed by atoms with van der Waals surface area (Å²) >= 11 is 3.66. The lowest BCUT2D eigenvalue weighted by Gasteiger charge is -2.40. The Balaban J connectivity index is 1.54. The monoisotopic (exact) mass is 530 g/mol. The molecule has 10 nitrogen and oxygen atoms in total. The normalized spacial score (nSPS) is 22.5. The third kappa shape index (κ3) is 4.20. The number of likely N-dealkylation sites (N-methyl/N-ethyl adjacent to an activating group) is 1. The number of carboxylic acid groups (broad SMARTS) is 1. The highest BCUT2D eigenvalue weighted by atomic mass is 79.9. The predicted molar refractivity (Wildman–Crippen MR) is 129 cm³/mol. The number of carbonyl (C=O) groups is 1. The molecule has 2 saturated heterocycles. The molecule has 0 bridgehead atoms. The van der Waals surface area contributed by atoms with Crippen molar-refractivity contribution in [2.24, 2.45) is 0 Å². The second kappa shape index (κ2) is 9.43. The van der Waals surface area contributed by atoms with E-state index in [4.69, 9.17) is 19.4 Å². The fourth-order valence-electron chi connectivity index (χ4n) is 5.11. The van der Waals surface area contributed by atoms with Crippen molar-refractivity contribution in [2.75, 3.05) is 51.3 Å². The van der Waals surface area contributed by atoms with Crippen LogP contribution in [-0.4, -0.2) is 89.5 Å². The maximum Gasteiger partial charge on any atom is 0.407 e. The van der Waals surface area contributed by atoms with Crippen LogP contribution in [0.4, 0.5) is 10.6 Å². The number of hydrogen-bond acceptors (Lipinski definition) is 8. The van der Waals surface area contributed by atoms with Gasteiger partial charge in [0.05, 0.1) is 36.0 Å². The first kappa shape index (κ1) is 22.9. The van der Waals surface area contributed by atoms with Crippen LogP contribution in [0.2, 0.25) is 0 Å². The fourth-order valence-corrected chi connectivity index (χ4v) is 5.71. The minimum Gasteiger partial charge on any atom is -0.492 e. The molecule has 2 atom stereocenters. The molecule has 0 aliphatic carbocycles. The molecule has 5 rings (SSSR count). The first-order valence-corrected chi connectivity index (χ1v) is 12.4. The van der Waals surface area contributed by atoms with E-state index in [1.807, 2.05) is 11.0 Å². The summed E-state index contributed by atoms with van der Waals surface area (Å²) < 4.78 is 13.0. The molecule has 0 radical (unpaired) electrons. The number of amides is 1. The van der Waals surface area contributed by atoms with Crippen molar-refractivity contribution in [1.82, 2.24) is 19.8 Å². The van der Waals surface area contributed by atoms with Crippen molar-refractivity contribution in [3.05, 3.63) is 16.1 Å². The van der Waals surface area contributed by atoms with Gasteiger partial charge in [0, 0.05) is 42.1 Å². The number of benzene rings is 1. The summed E-state index contributed by atoms with van der Waals surface area (Å²) in [6.45, 7) is 3.26. The summed E-state index contributed by atoms with van der Waals surface area (Å²) in [6, 6.07) is 4.28. The van der Waals surface area contributed by atoms with E-state index in [0.29, 0.717) is 49.7 Å². The first-order valence-electron chi connectivity index (χ1n) is 11.6. The third-order valence-corrected chi connectivity index (χ3v) is 7.69. The molecule has 1 aromatic carbocycles. The molecule has 11 heteroatoms. The largest absolute Gasteiger partial charge is 0.492 e. The number of rotatable bonds is 5. The van der Waals surface area contributed by atoms with Gasteiger partial charge in [-0.1, -0.05) is 15.9 Å². The molecule has 180 valence electrons. The highest BCUT2D eigenvalue weighted by Crippen LogP contribution is 2.43. The van der Waals surface area contributed by atoms with Crippen molar-refractivity contribution in [2.45, 2.75) is 37.8 Å². The van der Waals surface area contributed by atoms with Gasteiger partial charge in [0.25, 0.3) is 0 Å². The van der Waals surface area contributed by atoms with E-state index < -0.39 is 12.1 Å². The van der Waals surface area contributed by atoms with Gasteiger partial charge in [0.1, 0.15) is 18.2 Å². The zero-order chi connectivity index (χ0) is 23.8. The Bertz CT molecular complexity index is 1150. The summed E-state index contributed by atoms with van der Waals surface area (Å²) in [5.41, 5.74) is 1.79. The molecule has 1 aromatic heterocycles. The van der Waals surface area contributed by atoms with E-state index in [1.165, 1.54) is 4.90 Å². The number of likely N-dealkylation sites (tertiary alicyclic amines) is 1. The van der Waals surface area contributed by atoms with Gasteiger partial charge in [-0.25, -0.2) is 4.79 Å². The Morgan fingerprint density at radius 1 is 1.35 bits per heavy atom. The molecule has 34 heavy (non-hydrogen) atoms. The number of nitriles is 1. The number of ether oxygens (including phenoxy) is 2. The van der Waals surface area contributed by atoms with Gasteiger partial charge in [-0.05, 0) is 32.5 Å². The SMILES string of the molecule is CN1CCC[C@H]1COc1nc(N2CCN(C(=O)O)[C@@H](CC#N)C2)c2c3c(c(Br)cc2n1)CCO3. The van der Waals surface area contributed by atoms with Crippen LogP contribution in [-0.2, 0) is 6.42 Å². The Morgan fingerprint density at radius 2 is 2.21 bits per heavy atom. The number of piperazine rings is 1. The second-order valence-electron chi connectivity index (χ2n) is 9.01. The smallest absolute Gasteiger partial charge is 0.407 e. The van der Waals surface area contributed by atoms with Crippen molar-refractivity contribution >= 4 is 38.7 Å². The maximum absolute atomic E-state index is 11.7. The Morgan fingerprint density at radius 3 is 2.94 bits per heavy atom. The molecule has 0 spiro atoms. The quantitative estimate of drug-likeness (QED) is 0.622. The van der Waals surface area contributed by atoms with Crippen LogP contribution in [0.3, 0.4) is 0 Å². The molecule has 1 amide bonds. The van der Waals surface area contributed by atoms with E-state index in [0.717, 1.165) is 47.0 Å². The topological polar surface area (TPSA) is 115 Å². The summed E-state index contributed by atoms with van der Waals surface area (Å²) in [6.07, 6.45) is 2.13. The van der Waals surface area contributed by atoms with E-state index in [1.54, 1.807) is 0 Å². The van der Waals surface area contributed by atoms with Crippen LogP contribution in [0.25, 0.3) is 10.9 Å². The van der Waals surface area contributed by atoms with Gasteiger partial charge in [0.2, 0.25) is 0 Å². The number of fused-ring (bicyclic) bond motifs is 3. The first-order chi connectivity index (χ1) is 16.5. The van der Waals surface area contributed by atoms with E-state index in [-0.39, 0.29) is 13.0 Å². The predicted octanol–water partition coefficient (Wildman–Crippen LogP) is 2.88. The van der Waals surface area contributed by atoms with Crippen LogP contribution in [0.1, 0.15) is 24.8 Å². The van der Waals surface area contributed by atoms with E-state index in [2.05, 4.69) is 33.9 Å². The Labute approximate surface area is 206 Å². The zero-order valence-corrected chi connectivity index (χ0v) is 20.6. The van der Waals surface area contributed by atoms with Gasteiger partial charge < -0.3 is 29.3 Å². The lowest BCUT2D eigenvalue weighted by atomic mass is 10.1. The highest BCUT2D eigenvalue weighted by Gasteiger charge is 2.34. The molecule has 3 aliphatic heterocycles. The standard InChI is InChI=1S/C23H27BrN6O4/c1-28-7-2-3-15(28)13-34-22-26-18-11-17(24)16-5-10-33-20(16)19(18)21(27-22)29-8-9-30(23(31)32)14(12-29)4-6-25/h11,14-15H,2-5,7-10,12-13H2,1H3,(H,31,32)/t14-,15-/m0/s1. The van der Waals surface area contributed by atoms with Crippen LogP contribution in [0.15, 0.2) is 10.5 Å². The van der Waals surface area contributed by atoms with Gasteiger partial charge in [-0.3, -0.25) is 0 Å². The van der Waals surface area contributed by atoms with Crippen molar-refractivity contribution in [1.29, 1.82) is 5.26 Å². The molecule has 4 heterocycles. The molecular weight excluding hydrogens is 504 g/mol. The lowest BCUT2D eigenvalue weighted by molar-refractivity contribution is 0.119. The maximum atomic E-state index is 11.7. The molecular formula is C23H27BrN6O4. The van der Waals surface area contributed by atoms with Crippen molar-refractivity contribution < 1.29 is 19.4 Å². The second-order valence-corrected chi connectivity index (χ2v) is 9.87. The fraction of sp³-hybridized carbons (Fsp3) is 0.565. The van der Waals surface area contributed by atoms with Crippen LogP contribution < -0.4 is 14.4 Å². The Hall–Kier alpha value is -2.84.